The lowest BCUT2D eigenvalue weighted by atomic mass is 9.94. The van der Waals surface area contributed by atoms with Gasteiger partial charge in [0.15, 0.2) is 0 Å². The van der Waals surface area contributed by atoms with Gasteiger partial charge in [-0.25, -0.2) is 13.1 Å². The van der Waals surface area contributed by atoms with Gasteiger partial charge in [-0.2, -0.15) is 9.40 Å². The molecular formula is C22H30N4O3S. The van der Waals surface area contributed by atoms with Crippen LogP contribution in [0.15, 0.2) is 41.4 Å². The summed E-state index contributed by atoms with van der Waals surface area (Å²) in [5, 5.41) is 7.29. The standard InChI is InChI=1S/C22H30N4O3S/c1-16-12-17(2)15-25(14-16)30(28,29)20-9-5-6-18(13-20)22(27)24-21-10-11-23-26(21)19-7-3-4-8-19/h5-6,9-11,13,16-17,19H,3-4,7-8,12,14-15H2,1-2H3,(H,24,27). The molecule has 2 aromatic rings. The van der Waals surface area contributed by atoms with E-state index in [1.807, 2.05) is 4.68 Å². The van der Waals surface area contributed by atoms with Gasteiger partial charge in [0, 0.05) is 24.7 Å². The third kappa shape index (κ3) is 4.30. The third-order valence-corrected chi connectivity index (χ3v) is 7.98. The first-order valence-corrected chi connectivity index (χ1v) is 12.2. The molecule has 4 rings (SSSR count). The lowest BCUT2D eigenvalue weighted by molar-refractivity contribution is 0.102. The summed E-state index contributed by atoms with van der Waals surface area (Å²) in [6.45, 7) is 5.19. The van der Waals surface area contributed by atoms with Crippen LogP contribution in [0.5, 0.6) is 0 Å². The summed E-state index contributed by atoms with van der Waals surface area (Å²) in [7, 11) is -3.63. The summed E-state index contributed by atoms with van der Waals surface area (Å²) in [5.41, 5.74) is 0.327. The van der Waals surface area contributed by atoms with E-state index in [9.17, 15) is 13.2 Å². The summed E-state index contributed by atoms with van der Waals surface area (Å²) in [6, 6.07) is 8.42. The van der Waals surface area contributed by atoms with Crippen LogP contribution in [-0.2, 0) is 10.0 Å². The molecule has 7 nitrogen and oxygen atoms in total. The van der Waals surface area contributed by atoms with Crippen LogP contribution in [0.3, 0.4) is 0 Å². The van der Waals surface area contributed by atoms with Gasteiger partial charge in [-0.15, -0.1) is 0 Å². The number of anilines is 1. The zero-order valence-corrected chi connectivity index (χ0v) is 18.4. The minimum absolute atomic E-state index is 0.167. The molecule has 0 spiro atoms. The zero-order valence-electron chi connectivity index (χ0n) is 17.6. The molecule has 2 atom stereocenters. The molecule has 1 aromatic heterocycles. The van der Waals surface area contributed by atoms with Crippen molar-refractivity contribution in [2.75, 3.05) is 18.4 Å². The zero-order chi connectivity index (χ0) is 21.3. The number of amides is 1. The minimum Gasteiger partial charge on any atom is -0.307 e. The van der Waals surface area contributed by atoms with E-state index in [-0.39, 0.29) is 10.8 Å². The van der Waals surface area contributed by atoms with Crippen molar-refractivity contribution in [1.82, 2.24) is 14.1 Å². The smallest absolute Gasteiger partial charge is 0.256 e. The van der Waals surface area contributed by atoms with Crippen LogP contribution < -0.4 is 5.32 Å². The Labute approximate surface area is 178 Å². The summed E-state index contributed by atoms with van der Waals surface area (Å²) in [5.74, 6) is 0.975. The van der Waals surface area contributed by atoms with Crippen LogP contribution in [0.4, 0.5) is 5.82 Å². The molecule has 1 aromatic carbocycles. The molecule has 1 aliphatic heterocycles. The monoisotopic (exact) mass is 430 g/mol. The fraction of sp³-hybridized carbons (Fsp3) is 0.545. The fourth-order valence-electron chi connectivity index (χ4n) is 4.79. The number of hydrogen-bond acceptors (Lipinski definition) is 4. The Balaban J connectivity index is 1.53. The Bertz CT molecular complexity index is 1000. The minimum atomic E-state index is -3.63. The van der Waals surface area contributed by atoms with Crippen molar-refractivity contribution in [2.45, 2.75) is 56.9 Å². The molecular weight excluding hydrogens is 400 g/mol. The predicted molar refractivity (Wildman–Crippen MR) is 116 cm³/mol. The number of nitrogens with zero attached hydrogens (tertiary/aromatic N) is 3. The average Bonchev–Trinajstić information content (AvgIpc) is 3.39. The summed E-state index contributed by atoms with van der Waals surface area (Å²) in [4.78, 5) is 13.0. The highest BCUT2D eigenvalue weighted by atomic mass is 32.2. The van der Waals surface area contributed by atoms with Crippen molar-refractivity contribution in [1.29, 1.82) is 0 Å². The van der Waals surface area contributed by atoms with Gasteiger partial charge in [-0.05, 0) is 49.3 Å². The second kappa shape index (κ2) is 8.51. The second-order valence-corrected chi connectivity index (χ2v) is 10.8. The summed E-state index contributed by atoms with van der Waals surface area (Å²) < 4.78 is 29.8. The van der Waals surface area contributed by atoms with Gasteiger partial charge in [-0.3, -0.25) is 4.79 Å². The predicted octanol–water partition coefficient (Wildman–Crippen LogP) is 3.92. The molecule has 0 radical (unpaired) electrons. The fourth-order valence-corrected chi connectivity index (χ4v) is 6.52. The van der Waals surface area contributed by atoms with E-state index < -0.39 is 10.0 Å². The largest absolute Gasteiger partial charge is 0.307 e. The van der Waals surface area contributed by atoms with E-state index in [2.05, 4.69) is 24.3 Å². The van der Waals surface area contributed by atoms with Crippen molar-refractivity contribution in [3.8, 4) is 0 Å². The first-order chi connectivity index (χ1) is 14.3. The van der Waals surface area contributed by atoms with Crippen molar-refractivity contribution in [2.24, 2.45) is 11.8 Å². The normalized spacial score (nSPS) is 23.5. The maximum Gasteiger partial charge on any atom is 0.256 e. The number of benzene rings is 1. The van der Waals surface area contributed by atoms with Gasteiger partial charge in [0.2, 0.25) is 10.0 Å². The van der Waals surface area contributed by atoms with Crippen LogP contribution in [0.2, 0.25) is 0 Å². The molecule has 2 heterocycles. The van der Waals surface area contributed by atoms with E-state index >= 15 is 0 Å². The molecule has 0 bridgehead atoms. The molecule has 8 heteroatoms. The molecule has 1 aliphatic carbocycles. The molecule has 1 saturated heterocycles. The van der Waals surface area contributed by atoms with Crippen molar-refractivity contribution in [3.05, 3.63) is 42.1 Å². The van der Waals surface area contributed by atoms with Gasteiger partial charge < -0.3 is 5.32 Å². The Morgan fingerprint density at radius 2 is 1.80 bits per heavy atom. The molecule has 2 aliphatic rings. The number of hydrogen-bond donors (Lipinski definition) is 1. The highest BCUT2D eigenvalue weighted by Gasteiger charge is 2.32. The van der Waals surface area contributed by atoms with Crippen molar-refractivity contribution < 1.29 is 13.2 Å². The van der Waals surface area contributed by atoms with Crippen LogP contribution in [-0.4, -0.2) is 41.5 Å². The highest BCUT2D eigenvalue weighted by molar-refractivity contribution is 7.89. The van der Waals surface area contributed by atoms with Crippen LogP contribution in [0.25, 0.3) is 0 Å². The molecule has 2 fully saturated rings. The van der Waals surface area contributed by atoms with Gasteiger partial charge in [0.1, 0.15) is 5.82 Å². The first-order valence-electron chi connectivity index (χ1n) is 10.8. The number of piperidine rings is 1. The van der Waals surface area contributed by atoms with Gasteiger partial charge >= 0.3 is 0 Å². The van der Waals surface area contributed by atoms with E-state index in [1.165, 1.54) is 18.9 Å². The average molecular weight is 431 g/mol. The Hall–Kier alpha value is -2.19. The topological polar surface area (TPSA) is 84.3 Å². The van der Waals surface area contributed by atoms with Crippen LogP contribution in [0, 0.1) is 11.8 Å². The Kier molecular flexibility index (Phi) is 5.97. The van der Waals surface area contributed by atoms with Crippen molar-refractivity contribution >= 4 is 21.7 Å². The summed E-state index contributed by atoms with van der Waals surface area (Å²) >= 11 is 0. The third-order valence-electron chi connectivity index (χ3n) is 6.15. The highest BCUT2D eigenvalue weighted by Crippen LogP contribution is 2.31. The van der Waals surface area contributed by atoms with Crippen molar-refractivity contribution in [3.63, 3.8) is 0 Å². The van der Waals surface area contributed by atoms with Gasteiger partial charge in [-0.1, -0.05) is 32.8 Å². The Morgan fingerprint density at radius 1 is 1.10 bits per heavy atom. The number of carbonyl (C=O) groups excluding carboxylic acids is 1. The van der Waals surface area contributed by atoms with E-state index in [0.29, 0.717) is 42.3 Å². The molecule has 30 heavy (non-hydrogen) atoms. The molecule has 1 N–H and O–H groups in total. The number of sulfonamides is 1. The van der Waals surface area contributed by atoms with Crippen LogP contribution in [0.1, 0.15) is 62.4 Å². The number of aromatic nitrogens is 2. The lowest BCUT2D eigenvalue weighted by Crippen LogP contribution is -2.42. The van der Waals surface area contributed by atoms with Gasteiger partial charge in [0.05, 0.1) is 17.1 Å². The maximum atomic E-state index is 13.2. The molecule has 1 saturated carbocycles. The van der Waals surface area contributed by atoms with E-state index in [4.69, 9.17) is 0 Å². The lowest BCUT2D eigenvalue weighted by Gasteiger charge is -2.34. The first kappa shape index (κ1) is 21.1. The molecule has 1 amide bonds. The number of rotatable bonds is 5. The van der Waals surface area contributed by atoms with E-state index in [0.717, 1.165) is 19.3 Å². The van der Waals surface area contributed by atoms with Crippen LogP contribution >= 0.6 is 0 Å². The number of nitrogens with one attached hydrogen (secondary N) is 1. The van der Waals surface area contributed by atoms with E-state index in [1.54, 1.807) is 34.8 Å². The molecule has 2 unspecified atom stereocenters. The number of carbonyl (C=O) groups is 1. The quantitative estimate of drug-likeness (QED) is 0.779. The van der Waals surface area contributed by atoms with Gasteiger partial charge in [0.25, 0.3) is 5.91 Å². The SMILES string of the molecule is CC1CC(C)CN(S(=O)(=O)c2cccc(C(=O)Nc3ccnn3C3CCCC3)c2)C1. The maximum absolute atomic E-state index is 13.2. The Morgan fingerprint density at radius 3 is 2.50 bits per heavy atom. The second-order valence-electron chi connectivity index (χ2n) is 8.85. The molecule has 162 valence electrons. The summed E-state index contributed by atoms with van der Waals surface area (Å²) in [6.07, 6.45) is 7.18.